The van der Waals surface area contributed by atoms with Gasteiger partial charge in [-0.25, -0.2) is 4.98 Å². The molecule has 2 heterocycles. The van der Waals surface area contributed by atoms with Crippen molar-refractivity contribution in [1.29, 1.82) is 0 Å². The van der Waals surface area contributed by atoms with Crippen molar-refractivity contribution in [2.75, 3.05) is 38.5 Å². The van der Waals surface area contributed by atoms with E-state index >= 15 is 0 Å². The van der Waals surface area contributed by atoms with Gasteiger partial charge in [-0.2, -0.15) is 0 Å². The monoisotopic (exact) mass is 292 g/mol. The molecule has 0 spiro atoms. The van der Waals surface area contributed by atoms with Crippen LogP contribution in [0.25, 0.3) is 0 Å². The Hall–Kier alpha value is -1.17. The van der Waals surface area contributed by atoms with Gasteiger partial charge in [0.15, 0.2) is 0 Å². The van der Waals surface area contributed by atoms with Crippen LogP contribution in [0.4, 0.5) is 5.82 Å². The van der Waals surface area contributed by atoms with E-state index in [0.717, 1.165) is 45.6 Å². The largest absolute Gasteiger partial charge is 0.384 e. The molecule has 0 amide bonds. The van der Waals surface area contributed by atoms with Crippen molar-refractivity contribution in [3.8, 4) is 0 Å². The van der Waals surface area contributed by atoms with E-state index in [4.69, 9.17) is 10.5 Å². The molecule has 0 aliphatic carbocycles. The van der Waals surface area contributed by atoms with Gasteiger partial charge in [0.05, 0.1) is 12.7 Å². The molecule has 1 saturated heterocycles. The molecule has 0 bridgehead atoms. The molecular formula is C16H28N4O. The Labute approximate surface area is 127 Å². The highest BCUT2D eigenvalue weighted by molar-refractivity contribution is 5.32. The van der Waals surface area contributed by atoms with Crippen LogP contribution in [-0.4, -0.2) is 54.8 Å². The summed E-state index contributed by atoms with van der Waals surface area (Å²) in [6.07, 6.45) is 4.06. The van der Waals surface area contributed by atoms with Gasteiger partial charge in [0.1, 0.15) is 5.82 Å². The number of hydrogen-bond donors (Lipinski definition) is 2. The zero-order chi connectivity index (χ0) is 15.1. The van der Waals surface area contributed by atoms with E-state index in [0.29, 0.717) is 11.9 Å². The lowest BCUT2D eigenvalue weighted by Gasteiger charge is -2.37. The predicted molar refractivity (Wildman–Crippen MR) is 86.3 cm³/mol. The maximum absolute atomic E-state index is 6.02. The average molecular weight is 292 g/mol. The summed E-state index contributed by atoms with van der Waals surface area (Å²) in [7, 11) is 0. The minimum absolute atomic E-state index is 0.236. The first-order valence-electron chi connectivity index (χ1n) is 8.00. The van der Waals surface area contributed by atoms with E-state index in [-0.39, 0.29) is 6.10 Å². The van der Waals surface area contributed by atoms with Gasteiger partial charge in [-0.15, -0.1) is 0 Å². The highest BCUT2D eigenvalue weighted by atomic mass is 16.5. The lowest BCUT2D eigenvalue weighted by molar-refractivity contribution is -0.0447. The molecule has 5 nitrogen and oxygen atoms in total. The SMILES string of the molecule is CCCNC(Cc1ccnc(N)c1)C1CN(CC)CCO1. The van der Waals surface area contributed by atoms with Crippen LogP contribution < -0.4 is 11.1 Å². The second kappa shape index (κ2) is 8.32. The molecule has 1 aromatic rings. The number of nitrogens with zero attached hydrogens (tertiary/aromatic N) is 2. The normalized spacial score (nSPS) is 21.3. The summed E-state index contributed by atoms with van der Waals surface area (Å²) < 4.78 is 6.02. The molecule has 2 rings (SSSR count). The number of nitrogen functional groups attached to an aromatic ring is 1. The first-order valence-corrected chi connectivity index (χ1v) is 8.00. The fraction of sp³-hybridized carbons (Fsp3) is 0.688. The van der Waals surface area contributed by atoms with Gasteiger partial charge in [0.2, 0.25) is 0 Å². The number of nitrogens with one attached hydrogen (secondary N) is 1. The summed E-state index contributed by atoms with van der Waals surface area (Å²) in [4.78, 5) is 6.52. The number of likely N-dealkylation sites (N-methyl/N-ethyl adjacent to an activating group) is 1. The molecule has 1 aliphatic heterocycles. The topological polar surface area (TPSA) is 63.4 Å². The Morgan fingerprint density at radius 1 is 1.52 bits per heavy atom. The van der Waals surface area contributed by atoms with Gasteiger partial charge in [0.25, 0.3) is 0 Å². The smallest absolute Gasteiger partial charge is 0.123 e. The quantitative estimate of drug-likeness (QED) is 0.793. The van der Waals surface area contributed by atoms with E-state index in [1.165, 1.54) is 5.56 Å². The standard InChI is InChI=1S/C16H28N4O/c1-3-6-18-14(10-13-5-7-19-16(17)11-13)15-12-20(4-2)8-9-21-15/h5,7,11,14-15,18H,3-4,6,8-10,12H2,1-2H3,(H2,17,19). The number of nitrogens with two attached hydrogens (primary N) is 1. The lowest BCUT2D eigenvalue weighted by Crippen LogP contribution is -2.53. The van der Waals surface area contributed by atoms with E-state index in [1.54, 1.807) is 6.20 Å². The highest BCUT2D eigenvalue weighted by Crippen LogP contribution is 2.14. The molecule has 1 aliphatic rings. The molecule has 5 heteroatoms. The predicted octanol–water partition coefficient (Wildman–Crippen LogP) is 1.30. The molecule has 2 atom stereocenters. The van der Waals surface area contributed by atoms with Gasteiger partial charge in [0, 0.05) is 25.3 Å². The van der Waals surface area contributed by atoms with Crippen LogP contribution in [0, 0.1) is 0 Å². The van der Waals surface area contributed by atoms with Crippen LogP contribution in [0.5, 0.6) is 0 Å². The van der Waals surface area contributed by atoms with Crippen molar-refractivity contribution in [2.45, 2.75) is 38.8 Å². The number of pyridine rings is 1. The van der Waals surface area contributed by atoms with Crippen LogP contribution in [0.15, 0.2) is 18.3 Å². The molecule has 0 saturated carbocycles. The van der Waals surface area contributed by atoms with Crippen molar-refractivity contribution < 1.29 is 4.74 Å². The van der Waals surface area contributed by atoms with E-state index in [1.807, 2.05) is 12.1 Å². The Kier molecular flexibility index (Phi) is 6.42. The van der Waals surface area contributed by atoms with E-state index in [9.17, 15) is 0 Å². The van der Waals surface area contributed by atoms with Gasteiger partial charge >= 0.3 is 0 Å². The molecule has 2 unspecified atom stereocenters. The number of ether oxygens (including phenoxy) is 1. The minimum Gasteiger partial charge on any atom is -0.384 e. The third-order valence-electron chi connectivity index (χ3n) is 4.03. The molecule has 1 fully saturated rings. The summed E-state index contributed by atoms with van der Waals surface area (Å²) >= 11 is 0. The number of aromatic nitrogens is 1. The van der Waals surface area contributed by atoms with Crippen LogP contribution in [0.1, 0.15) is 25.8 Å². The maximum Gasteiger partial charge on any atom is 0.123 e. The number of morpholine rings is 1. The minimum atomic E-state index is 0.236. The second-order valence-electron chi connectivity index (χ2n) is 5.66. The zero-order valence-electron chi connectivity index (χ0n) is 13.2. The fourth-order valence-electron chi connectivity index (χ4n) is 2.80. The third kappa shape index (κ3) is 4.95. The molecule has 0 aromatic carbocycles. The number of hydrogen-bond acceptors (Lipinski definition) is 5. The summed E-state index contributed by atoms with van der Waals surface area (Å²) in [5.41, 5.74) is 7.00. The summed E-state index contributed by atoms with van der Waals surface area (Å²) in [6, 6.07) is 4.32. The van der Waals surface area contributed by atoms with E-state index < -0.39 is 0 Å². The highest BCUT2D eigenvalue weighted by Gasteiger charge is 2.27. The van der Waals surface area contributed by atoms with Crippen LogP contribution in [0.2, 0.25) is 0 Å². The maximum atomic E-state index is 6.02. The second-order valence-corrected chi connectivity index (χ2v) is 5.66. The summed E-state index contributed by atoms with van der Waals surface area (Å²) in [5, 5.41) is 3.64. The van der Waals surface area contributed by atoms with Gasteiger partial charge < -0.3 is 15.8 Å². The lowest BCUT2D eigenvalue weighted by atomic mass is 10.00. The molecule has 1 aromatic heterocycles. The van der Waals surface area contributed by atoms with Crippen LogP contribution in [0.3, 0.4) is 0 Å². The Bertz CT molecular complexity index is 426. The van der Waals surface area contributed by atoms with Crippen LogP contribution in [-0.2, 0) is 11.2 Å². The summed E-state index contributed by atoms with van der Waals surface area (Å²) in [5.74, 6) is 0.585. The zero-order valence-corrected chi connectivity index (χ0v) is 13.2. The van der Waals surface area contributed by atoms with Gasteiger partial charge in [-0.1, -0.05) is 13.8 Å². The average Bonchev–Trinajstić information content (AvgIpc) is 2.51. The number of rotatable bonds is 7. The van der Waals surface area contributed by atoms with Crippen molar-refractivity contribution >= 4 is 5.82 Å². The van der Waals surface area contributed by atoms with Crippen molar-refractivity contribution in [3.63, 3.8) is 0 Å². The Morgan fingerprint density at radius 2 is 2.38 bits per heavy atom. The van der Waals surface area contributed by atoms with Gasteiger partial charge in [-0.3, -0.25) is 4.90 Å². The first-order chi connectivity index (χ1) is 10.2. The summed E-state index contributed by atoms with van der Waals surface area (Å²) in [6.45, 7) is 9.35. The fourth-order valence-corrected chi connectivity index (χ4v) is 2.80. The van der Waals surface area contributed by atoms with Crippen LogP contribution >= 0.6 is 0 Å². The first kappa shape index (κ1) is 16.2. The molecule has 21 heavy (non-hydrogen) atoms. The third-order valence-corrected chi connectivity index (χ3v) is 4.03. The van der Waals surface area contributed by atoms with Crippen molar-refractivity contribution in [1.82, 2.24) is 15.2 Å². The van der Waals surface area contributed by atoms with Crippen molar-refractivity contribution in [3.05, 3.63) is 23.9 Å². The number of anilines is 1. The molecule has 118 valence electrons. The Morgan fingerprint density at radius 3 is 3.10 bits per heavy atom. The van der Waals surface area contributed by atoms with E-state index in [2.05, 4.69) is 29.0 Å². The van der Waals surface area contributed by atoms with Crippen molar-refractivity contribution in [2.24, 2.45) is 0 Å². The Balaban J connectivity index is 2.02. The molecular weight excluding hydrogens is 264 g/mol. The van der Waals surface area contributed by atoms with Gasteiger partial charge in [-0.05, 0) is 43.6 Å². The molecule has 3 N–H and O–H groups in total. The molecule has 0 radical (unpaired) electrons.